The van der Waals surface area contributed by atoms with Gasteiger partial charge in [0, 0.05) is 12.6 Å². The first-order valence-electron chi connectivity index (χ1n) is 6.91. The Morgan fingerprint density at radius 2 is 2.05 bits per heavy atom. The zero-order valence-corrected chi connectivity index (χ0v) is 12.6. The number of hydrogen-bond acceptors (Lipinski definition) is 2. The largest absolute Gasteiger partial charge is 0.377 e. The van der Waals surface area contributed by atoms with Gasteiger partial charge in [-0.1, -0.05) is 31.5 Å². The van der Waals surface area contributed by atoms with Crippen molar-refractivity contribution in [1.29, 1.82) is 0 Å². The van der Waals surface area contributed by atoms with Crippen LogP contribution in [0.2, 0.25) is 5.02 Å². The van der Waals surface area contributed by atoms with Gasteiger partial charge in [-0.2, -0.15) is 0 Å². The van der Waals surface area contributed by atoms with E-state index in [1.807, 2.05) is 6.92 Å². The maximum absolute atomic E-state index is 13.2. The number of ether oxygens (including phenoxy) is 1. The van der Waals surface area contributed by atoms with Crippen LogP contribution in [0.5, 0.6) is 0 Å². The van der Waals surface area contributed by atoms with E-state index < -0.39 is 0 Å². The lowest BCUT2D eigenvalue weighted by molar-refractivity contribution is 0.0323. The number of benzene rings is 1. The van der Waals surface area contributed by atoms with Crippen LogP contribution in [0.3, 0.4) is 0 Å². The Bertz CT molecular complexity index is 386. The first-order chi connectivity index (χ1) is 9.12. The predicted octanol–water partition coefficient (Wildman–Crippen LogP) is 3.81. The molecule has 0 aliphatic heterocycles. The third-order valence-electron chi connectivity index (χ3n) is 3.14. The SMILES string of the molecule is CCNC(Cc1ccc(F)c(Cl)c1)C(CC)OCC. The molecule has 1 aromatic rings. The van der Waals surface area contributed by atoms with Crippen LogP contribution < -0.4 is 5.32 Å². The quantitative estimate of drug-likeness (QED) is 0.785. The fourth-order valence-electron chi connectivity index (χ4n) is 2.25. The summed E-state index contributed by atoms with van der Waals surface area (Å²) in [6.45, 7) is 7.76. The second-order valence-corrected chi connectivity index (χ2v) is 4.93. The van der Waals surface area contributed by atoms with Crippen LogP contribution in [-0.4, -0.2) is 25.3 Å². The minimum atomic E-state index is -0.373. The Morgan fingerprint density at radius 1 is 1.32 bits per heavy atom. The minimum absolute atomic E-state index is 0.161. The van der Waals surface area contributed by atoms with E-state index >= 15 is 0 Å². The summed E-state index contributed by atoms with van der Waals surface area (Å²) in [7, 11) is 0. The van der Waals surface area contributed by atoms with Gasteiger partial charge < -0.3 is 10.1 Å². The highest BCUT2D eigenvalue weighted by molar-refractivity contribution is 6.30. The molecule has 0 aliphatic carbocycles. The first-order valence-corrected chi connectivity index (χ1v) is 7.29. The van der Waals surface area contributed by atoms with Crippen LogP contribution in [0.4, 0.5) is 4.39 Å². The van der Waals surface area contributed by atoms with Crippen LogP contribution in [-0.2, 0) is 11.2 Å². The van der Waals surface area contributed by atoms with Crippen molar-refractivity contribution in [3.63, 3.8) is 0 Å². The van der Waals surface area contributed by atoms with Gasteiger partial charge in [-0.25, -0.2) is 4.39 Å². The standard InChI is InChI=1S/C15H23ClFNO/c1-4-15(19-6-3)14(18-5-2)10-11-7-8-13(17)12(16)9-11/h7-9,14-15,18H,4-6,10H2,1-3H3. The summed E-state index contributed by atoms with van der Waals surface area (Å²) in [6, 6.07) is 5.11. The normalized spacial score (nSPS) is 14.4. The molecule has 0 saturated heterocycles. The van der Waals surface area contributed by atoms with E-state index in [-0.39, 0.29) is 23.0 Å². The van der Waals surface area contributed by atoms with Gasteiger partial charge in [-0.3, -0.25) is 0 Å². The number of rotatable bonds is 8. The smallest absolute Gasteiger partial charge is 0.141 e. The summed E-state index contributed by atoms with van der Waals surface area (Å²) in [6.07, 6.45) is 1.89. The van der Waals surface area contributed by atoms with Crippen molar-refractivity contribution in [3.8, 4) is 0 Å². The number of hydrogen-bond donors (Lipinski definition) is 1. The van der Waals surface area contributed by atoms with Crippen molar-refractivity contribution >= 4 is 11.6 Å². The topological polar surface area (TPSA) is 21.3 Å². The molecule has 19 heavy (non-hydrogen) atoms. The summed E-state index contributed by atoms with van der Waals surface area (Å²) in [5.41, 5.74) is 1.02. The fourth-order valence-corrected chi connectivity index (χ4v) is 2.45. The van der Waals surface area contributed by atoms with Gasteiger partial charge in [0.1, 0.15) is 5.82 Å². The van der Waals surface area contributed by atoms with Crippen molar-refractivity contribution in [3.05, 3.63) is 34.6 Å². The molecule has 0 spiro atoms. The maximum Gasteiger partial charge on any atom is 0.141 e. The third-order valence-corrected chi connectivity index (χ3v) is 3.43. The number of likely N-dealkylation sites (N-methyl/N-ethyl adjacent to an activating group) is 1. The van der Waals surface area contributed by atoms with Gasteiger partial charge in [-0.15, -0.1) is 0 Å². The van der Waals surface area contributed by atoms with Crippen LogP contribution in [0.1, 0.15) is 32.8 Å². The molecule has 0 aliphatic rings. The van der Waals surface area contributed by atoms with Crippen LogP contribution >= 0.6 is 11.6 Å². The molecular formula is C15H23ClFNO. The molecule has 0 fully saturated rings. The van der Waals surface area contributed by atoms with E-state index in [1.165, 1.54) is 6.07 Å². The number of nitrogens with one attached hydrogen (secondary N) is 1. The zero-order chi connectivity index (χ0) is 14.3. The average molecular weight is 288 g/mol. The van der Waals surface area contributed by atoms with Crippen molar-refractivity contribution in [2.24, 2.45) is 0 Å². The predicted molar refractivity (Wildman–Crippen MR) is 78.3 cm³/mol. The van der Waals surface area contributed by atoms with E-state index in [9.17, 15) is 4.39 Å². The Balaban J connectivity index is 2.78. The Hall–Kier alpha value is -0.640. The molecule has 0 radical (unpaired) electrons. The van der Waals surface area contributed by atoms with Gasteiger partial charge >= 0.3 is 0 Å². The van der Waals surface area contributed by atoms with E-state index in [0.717, 1.165) is 24.9 Å². The van der Waals surface area contributed by atoms with Crippen LogP contribution in [0, 0.1) is 5.82 Å². The maximum atomic E-state index is 13.2. The Morgan fingerprint density at radius 3 is 2.58 bits per heavy atom. The van der Waals surface area contributed by atoms with Gasteiger partial charge in [0.15, 0.2) is 0 Å². The summed E-state index contributed by atoms with van der Waals surface area (Å²) < 4.78 is 18.9. The monoisotopic (exact) mass is 287 g/mol. The van der Waals surface area contributed by atoms with Gasteiger partial charge in [-0.05, 0) is 44.0 Å². The molecule has 1 aromatic carbocycles. The summed E-state index contributed by atoms with van der Waals surface area (Å²) in [5, 5.41) is 3.62. The van der Waals surface area contributed by atoms with Gasteiger partial charge in [0.25, 0.3) is 0 Å². The van der Waals surface area contributed by atoms with Gasteiger partial charge in [0.05, 0.1) is 11.1 Å². The lowest BCUT2D eigenvalue weighted by Gasteiger charge is -2.27. The molecule has 108 valence electrons. The second-order valence-electron chi connectivity index (χ2n) is 4.52. The van der Waals surface area contributed by atoms with Crippen LogP contribution in [0.15, 0.2) is 18.2 Å². The molecule has 0 aromatic heterocycles. The average Bonchev–Trinajstić information content (AvgIpc) is 2.40. The lowest BCUT2D eigenvalue weighted by atomic mass is 9.99. The molecule has 0 saturated carbocycles. The third kappa shape index (κ3) is 5.09. The summed E-state index contributed by atoms with van der Waals surface area (Å²) in [4.78, 5) is 0. The molecule has 1 N–H and O–H groups in total. The summed E-state index contributed by atoms with van der Waals surface area (Å²) >= 11 is 5.82. The molecule has 2 nitrogen and oxygen atoms in total. The highest BCUT2D eigenvalue weighted by Crippen LogP contribution is 2.18. The summed E-state index contributed by atoms with van der Waals surface area (Å²) in [5.74, 6) is -0.373. The molecule has 4 heteroatoms. The Kier molecular flexibility index (Phi) is 7.36. The molecule has 1 rings (SSSR count). The number of halogens is 2. The first kappa shape index (κ1) is 16.4. The van der Waals surface area contributed by atoms with E-state index in [2.05, 4.69) is 19.2 Å². The van der Waals surface area contributed by atoms with Crippen LogP contribution in [0.25, 0.3) is 0 Å². The van der Waals surface area contributed by atoms with Crippen molar-refractivity contribution in [2.75, 3.05) is 13.2 Å². The molecule has 2 atom stereocenters. The Labute approximate surface area is 120 Å². The lowest BCUT2D eigenvalue weighted by Crippen LogP contribution is -2.42. The minimum Gasteiger partial charge on any atom is -0.377 e. The van der Waals surface area contributed by atoms with E-state index in [1.54, 1.807) is 12.1 Å². The van der Waals surface area contributed by atoms with Gasteiger partial charge in [0.2, 0.25) is 0 Å². The second kappa shape index (κ2) is 8.51. The zero-order valence-electron chi connectivity index (χ0n) is 11.9. The molecule has 2 unspecified atom stereocenters. The van der Waals surface area contributed by atoms with Crippen molar-refractivity contribution in [1.82, 2.24) is 5.32 Å². The van der Waals surface area contributed by atoms with Crippen molar-refractivity contribution in [2.45, 2.75) is 45.8 Å². The fraction of sp³-hybridized carbons (Fsp3) is 0.600. The van der Waals surface area contributed by atoms with E-state index in [0.29, 0.717) is 6.61 Å². The molecular weight excluding hydrogens is 265 g/mol. The van der Waals surface area contributed by atoms with E-state index in [4.69, 9.17) is 16.3 Å². The molecule has 0 heterocycles. The molecule has 0 amide bonds. The highest BCUT2D eigenvalue weighted by Gasteiger charge is 2.20. The molecule has 0 bridgehead atoms. The highest BCUT2D eigenvalue weighted by atomic mass is 35.5. The van der Waals surface area contributed by atoms with Crippen molar-refractivity contribution < 1.29 is 9.13 Å².